The molecular formula is C9H11N5O2S. The van der Waals surface area contributed by atoms with E-state index in [2.05, 4.69) is 20.5 Å². The van der Waals surface area contributed by atoms with Crippen molar-refractivity contribution >= 4 is 17.3 Å². The average Bonchev–Trinajstić information content (AvgIpc) is 2.89. The molecule has 0 aliphatic rings. The van der Waals surface area contributed by atoms with Crippen LogP contribution < -0.4 is 0 Å². The molecule has 0 bridgehead atoms. The van der Waals surface area contributed by atoms with Gasteiger partial charge in [0.25, 0.3) is 5.82 Å². The number of carbonyl (C=O) groups is 1. The minimum Gasteiger partial charge on any atom is -0.460 e. The average molecular weight is 253 g/mol. The van der Waals surface area contributed by atoms with Gasteiger partial charge < -0.3 is 4.74 Å². The van der Waals surface area contributed by atoms with Crippen molar-refractivity contribution in [3.05, 3.63) is 21.9 Å². The van der Waals surface area contributed by atoms with Crippen LogP contribution in [0, 0.1) is 6.92 Å². The number of aromatic nitrogens is 5. The number of carbonyl (C=O) groups excluding carboxylic acids is 1. The highest BCUT2D eigenvalue weighted by molar-refractivity contribution is 7.09. The van der Waals surface area contributed by atoms with E-state index in [0.29, 0.717) is 13.2 Å². The summed E-state index contributed by atoms with van der Waals surface area (Å²) in [6, 6.07) is 0. The van der Waals surface area contributed by atoms with E-state index in [-0.39, 0.29) is 5.82 Å². The SMILES string of the molecule is CCOC(=O)c1nnnn1Cc1csc(C)n1. The molecule has 0 saturated carbocycles. The Bertz CT molecular complexity index is 521. The molecule has 0 radical (unpaired) electrons. The lowest BCUT2D eigenvalue weighted by Crippen LogP contribution is -2.15. The fourth-order valence-electron chi connectivity index (χ4n) is 1.29. The van der Waals surface area contributed by atoms with Crippen LogP contribution in [-0.4, -0.2) is 37.8 Å². The van der Waals surface area contributed by atoms with Gasteiger partial charge in [-0.3, -0.25) is 0 Å². The molecule has 0 aliphatic heterocycles. The number of nitrogens with zero attached hydrogens (tertiary/aromatic N) is 5. The predicted octanol–water partition coefficient (Wildman–Crippen LogP) is 0.663. The van der Waals surface area contributed by atoms with Crippen LogP contribution in [0.25, 0.3) is 0 Å². The van der Waals surface area contributed by atoms with Crippen LogP contribution in [0.2, 0.25) is 0 Å². The first kappa shape index (κ1) is 11.6. The lowest BCUT2D eigenvalue weighted by atomic mass is 10.4. The van der Waals surface area contributed by atoms with E-state index in [1.807, 2.05) is 12.3 Å². The quantitative estimate of drug-likeness (QED) is 0.744. The molecule has 0 amide bonds. The van der Waals surface area contributed by atoms with E-state index >= 15 is 0 Å². The second-order valence-electron chi connectivity index (χ2n) is 3.24. The summed E-state index contributed by atoms with van der Waals surface area (Å²) in [6.45, 7) is 4.31. The second kappa shape index (κ2) is 5.00. The summed E-state index contributed by atoms with van der Waals surface area (Å²) in [6.07, 6.45) is 0. The van der Waals surface area contributed by atoms with Crippen molar-refractivity contribution in [1.82, 2.24) is 25.2 Å². The van der Waals surface area contributed by atoms with E-state index in [1.54, 1.807) is 18.3 Å². The molecule has 0 spiro atoms. The first-order valence-electron chi connectivity index (χ1n) is 5.05. The van der Waals surface area contributed by atoms with Gasteiger partial charge in [-0.25, -0.2) is 14.5 Å². The summed E-state index contributed by atoms with van der Waals surface area (Å²) < 4.78 is 6.23. The molecular weight excluding hydrogens is 242 g/mol. The highest BCUT2D eigenvalue weighted by Crippen LogP contribution is 2.09. The van der Waals surface area contributed by atoms with Gasteiger partial charge in [0.1, 0.15) is 0 Å². The normalized spacial score (nSPS) is 10.5. The molecule has 0 saturated heterocycles. The smallest absolute Gasteiger partial charge is 0.378 e. The van der Waals surface area contributed by atoms with E-state index in [0.717, 1.165) is 10.7 Å². The maximum Gasteiger partial charge on any atom is 0.378 e. The molecule has 8 heteroatoms. The van der Waals surface area contributed by atoms with Crippen LogP contribution in [-0.2, 0) is 11.3 Å². The van der Waals surface area contributed by atoms with Crippen molar-refractivity contribution in [2.75, 3.05) is 6.61 Å². The number of ether oxygens (including phenoxy) is 1. The minimum atomic E-state index is -0.524. The second-order valence-corrected chi connectivity index (χ2v) is 4.30. The first-order chi connectivity index (χ1) is 8.20. The maximum absolute atomic E-state index is 11.5. The fraction of sp³-hybridized carbons (Fsp3) is 0.444. The van der Waals surface area contributed by atoms with Gasteiger partial charge in [-0.15, -0.1) is 16.4 Å². The molecule has 2 rings (SSSR count). The maximum atomic E-state index is 11.5. The van der Waals surface area contributed by atoms with Crippen LogP contribution in [0.5, 0.6) is 0 Å². The van der Waals surface area contributed by atoms with Crippen LogP contribution in [0.4, 0.5) is 0 Å². The Balaban J connectivity index is 2.16. The van der Waals surface area contributed by atoms with Crippen LogP contribution in [0.1, 0.15) is 28.2 Å². The van der Waals surface area contributed by atoms with Crippen LogP contribution >= 0.6 is 11.3 Å². The molecule has 0 atom stereocenters. The van der Waals surface area contributed by atoms with Gasteiger partial charge in [-0.05, 0) is 24.3 Å². The Kier molecular flexibility index (Phi) is 3.43. The third-order valence-corrected chi connectivity index (χ3v) is 2.79. The van der Waals surface area contributed by atoms with Crippen molar-refractivity contribution < 1.29 is 9.53 Å². The molecule has 2 heterocycles. The van der Waals surface area contributed by atoms with E-state index in [1.165, 1.54) is 4.68 Å². The molecule has 0 N–H and O–H groups in total. The van der Waals surface area contributed by atoms with Crippen LogP contribution in [0.15, 0.2) is 5.38 Å². The van der Waals surface area contributed by atoms with E-state index in [4.69, 9.17) is 4.74 Å². The molecule has 2 aromatic heterocycles. The molecule has 7 nitrogen and oxygen atoms in total. The largest absolute Gasteiger partial charge is 0.460 e. The summed E-state index contributed by atoms with van der Waals surface area (Å²) in [4.78, 5) is 15.8. The van der Waals surface area contributed by atoms with Crippen molar-refractivity contribution in [2.45, 2.75) is 20.4 Å². The molecule has 0 unspecified atom stereocenters. The number of thiazole rings is 1. The van der Waals surface area contributed by atoms with Gasteiger partial charge in [0.05, 0.1) is 23.9 Å². The number of esters is 1. The Morgan fingerprint density at radius 2 is 2.41 bits per heavy atom. The number of tetrazole rings is 1. The summed E-state index contributed by atoms with van der Waals surface area (Å²) >= 11 is 1.54. The summed E-state index contributed by atoms with van der Waals surface area (Å²) in [5.74, 6) is -0.429. The third kappa shape index (κ3) is 2.64. The predicted molar refractivity (Wildman–Crippen MR) is 59.7 cm³/mol. The molecule has 0 aromatic carbocycles. The van der Waals surface area contributed by atoms with Crippen molar-refractivity contribution in [1.29, 1.82) is 0 Å². The van der Waals surface area contributed by atoms with Crippen molar-refractivity contribution in [3.63, 3.8) is 0 Å². The highest BCUT2D eigenvalue weighted by Gasteiger charge is 2.17. The van der Waals surface area contributed by atoms with Gasteiger partial charge in [0.15, 0.2) is 0 Å². The van der Waals surface area contributed by atoms with Crippen molar-refractivity contribution in [3.8, 4) is 0 Å². The molecule has 90 valence electrons. The van der Waals surface area contributed by atoms with Gasteiger partial charge in [-0.1, -0.05) is 0 Å². The highest BCUT2D eigenvalue weighted by atomic mass is 32.1. The lowest BCUT2D eigenvalue weighted by Gasteiger charge is -2.01. The molecule has 17 heavy (non-hydrogen) atoms. The summed E-state index contributed by atoms with van der Waals surface area (Å²) in [5.41, 5.74) is 0.824. The number of hydrogen-bond donors (Lipinski definition) is 0. The zero-order valence-electron chi connectivity index (χ0n) is 9.45. The Morgan fingerprint density at radius 3 is 3.06 bits per heavy atom. The Labute approximate surface area is 101 Å². The zero-order valence-corrected chi connectivity index (χ0v) is 10.3. The summed E-state index contributed by atoms with van der Waals surface area (Å²) in [5, 5.41) is 13.7. The molecule has 0 aliphatic carbocycles. The first-order valence-corrected chi connectivity index (χ1v) is 5.93. The molecule has 2 aromatic rings. The van der Waals surface area contributed by atoms with E-state index in [9.17, 15) is 4.79 Å². The van der Waals surface area contributed by atoms with Gasteiger partial charge in [-0.2, -0.15) is 0 Å². The number of hydrogen-bond acceptors (Lipinski definition) is 7. The van der Waals surface area contributed by atoms with Crippen LogP contribution in [0.3, 0.4) is 0 Å². The van der Waals surface area contributed by atoms with Gasteiger partial charge >= 0.3 is 5.97 Å². The van der Waals surface area contributed by atoms with E-state index < -0.39 is 5.97 Å². The number of aryl methyl sites for hydroxylation is 1. The minimum absolute atomic E-state index is 0.0949. The topological polar surface area (TPSA) is 82.8 Å². The fourth-order valence-corrected chi connectivity index (χ4v) is 1.89. The standard InChI is InChI=1S/C9H11N5O2S/c1-3-16-9(15)8-11-12-13-14(8)4-7-5-17-6(2)10-7/h5H,3-4H2,1-2H3. The van der Waals surface area contributed by atoms with Gasteiger partial charge in [0, 0.05) is 5.38 Å². The van der Waals surface area contributed by atoms with Gasteiger partial charge in [0.2, 0.25) is 0 Å². The third-order valence-electron chi connectivity index (χ3n) is 1.97. The Morgan fingerprint density at radius 1 is 1.59 bits per heavy atom. The monoisotopic (exact) mass is 253 g/mol. The van der Waals surface area contributed by atoms with Crippen molar-refractivity contribution in [2.24, 2.45) is 0 Å². The lowest BCUT2D eigenvalue weighted by molar-refractivity contribution is 0.0505. The number of rotatable bonds is 4. The Hall–Kier alpha value is -1.83. The summed E-state index contributed by atoms with van der Waals surface area (Å²) in [7, 11) is 0. The molecule has 0 fully saturated rings. The zero-order chi connectivity index (χ0) is 12.3.